The molecule has 10 aromatic rings. The summed E-state index contributed by atoms with van der Waals surface area (Å²) in [6.07, 6.45) is 3.23. The molecule has 0 fully saturated rings. The molecule has 0 N–H and O–H groups in total. The molecule has 0 atom stereocenters. The van der Waals surface area contributed by atoms with Crippen LogP contribution in [0.5, 0.6) is 11.5 Å². The van der Waals surface area contributed by atoms with Gasteiger partial charge in [-0.05, 0) is 74.3 Å². The summed E-state index contributed by atoms with van der Waals surface area (Å²) in [6, 6.07) is 32.2. The third-order valence-corrected chi connectivity index (χ3v) is 10.6. The molecule has 0 aliphatic heterocycles. The van der Waals surface area contributed by atoms with Gasteiger partial charge in [0.2, 0.25) is 0 Å². The maximum Gasteiger partial charge on any atom is 0.268 e. The number of fused-ring (bicyclic) bond motifs is 4. The Kier molecular flexibility index (Phi) is 7.83. The van der Waals surface area contributed by atoms with Crippen molar-refractivity contribution in [3.8, 4) is 50.9 Å². The summed E-state index contributed by atoms with van der Waals surface area (Å²) in [6.45, 7) is 11.8. The van der Waals surface area contributed by atoms with E-state index in [9.17, 15) is 2.74 Å². The molecule has 0 aliphatic rings. The molecule has 6 heteroatoms. The van der Waals surface area contributed by atoms with Crippen molar-refractivity contribution < 1.29 is 46.8 Å². The molecule has 3 aromatic heterocycles. The predicted molar refractivity (Wildman–Crippen MR) is 253 cm³/mol. The first-order valence-electron chi connectivity index (χ1n) is 26.3. The Morgan fingerprint density at radius 1 is 0.683 bits per heavy atom. The van der Waals surface area contributed by atoms with Crippen LogP contribution in [0.3, 0.4) is 0 Å². The fourth-order valence-electron chi connectivity index (χ4n) is 7.87. The normalized spacial score (nSPS) is 14.8. The van der Waals surface area contributed by atoms with Gasteiger partial charge in [-0.1, -0.05) is 168 Å². The summed E-state index contributed by atoms with van der Waals surface area (Å²) in [5.41, 5.74) is 3.03. The molecule has 0 aliphatic carbocycles. The second-order valence-electron chi connectivity index (χ2n) is 17.1. The number of para-hydroxylation sites is 4. The molecular weight excluding hydrogens is 952 g/mol. The third-order valence-electron chi connectivity index (χ3n) is 10.6. The van der Waals surface area contributed by atoms with Crippen molar-refractivity contribution in [2.24, 2.45) is 5.41 Å². The van der Waals surface area contributed by atoms with E-state index < -0.39 is 72.2 Å². The van der Waals surface area contributed by atoms with Crippen molar-refractivity contribution in [3.05, 3.63) is 199 Å². The molecule has 0 saturated carbocycles. The SMILES string of the molecule is [2H]c1c([2H])c([2H])c(-c2cccc(-c3c([2H])c([2H])c([2H])c([2H])c3[2H])c2-[n+]2[c-]n(-c3[c-]c(Oc4[c-]c5c(cc4)c4ccccc4n5-c4cc(C(C)(C)C)ccn4)cc(C([2H])([2H])C(C)(C)C)c3)c3ccccc32)c([2H])c1[2H].[Pt]. The van der Waals surface area contributed by atoms with E-state index in [1.807, 2.05) is 36.4 Å². The first-order valence-corrected chi connectivity index (χ1v) is 20.3. The molecule has 0 radical (unpaired) electrons. The van der Waals surface area contributed by atoms with Gasteiger partial charge in [-0.15, -0.1) is 29.7 Å². The predicted octanol–water partition coefficient (Wildman–Crippen LogP) is 13.8. The monoisotopic (exact) mass is 1010 g/mol. The Labute approximate surface area is 401 Å². The average molecular weight is 1010 g/mol. The van der Waals surface area contributed by atoms with Crippen molar-refractivity contribution >= 4 is 32.8 Å². The van der Waals surface area contributed by atoms with Crippen LogP contribution in [0.25, 0.3) is 72.3 Å². The van der Waals surface area contributed by atoms with Gasteiger partial charge in [0.25, 0.3) is 6.33 Å². The van der Waals surface area contributed by atoms with E-state index >= 15 is 0 Å². The van der Waals surface area contributed by atoms with Gasteiger partial charge in [0.15, 0.2) is 0 Å². The van der Waals surface area contributed by atoms with E-state index in [0.717, 1.165) is 21.9 Å². The number of imidazole rings is 1. The number of rotatable bonds is 8. The molecule has 314 valence electrons. The number of hydrogen-bond donors (Lipinski definition) is 0. The zero-order chi connectivity index (χ0) is 53.1. The van der Waals surface area contributed by atoms with Gasteiger partial charge in [-0.2, -0.15) is 17.7 Å². The fourth-order valence-corrected chi connectivity index (χ4v) is 7.87. The van der Waals surface area contributed by atoms with E-state index in [1.165, 1.54) is 6.07 Å². The van der Waals surface area contributed by atoms with E-state index in [2.05, 4.69) is 49.9 Å². The van der Waals surface area contributed by atoms with E-state index in [4.69, 9.17) is 23.4 Å². The topological polar surface area (TPSA) is 35.9 Å². The van der Waals surface area contributed by atoms with Crippen molar-refractivity contribution in [2.45, 2.75) is 53.3 Å². The quantitative estimate of drug-likeness (QED) is 0.112. The number of benzene rings is 7. The van der Waals surface area contributed by atoms with Crippen LogP contribution in [0, 0.1) is 23.9 Å². The molecular formula is C57H48N4OPt-2. The molecule has 0 saturated heterocycles. The molecule has 10 rings (SSSR count). The molecule has 3 heterocycles. The number of ether oxygens (including phenoxy) is 1. The summed E-state index contributed by atoms with van der Waals surface area (Å²) >= 11 is 0. The van der Waals surface area contributed by atoms with Crippen LogP contribution >= 0.6 is 0 Å². The molecule has 0 bridgehead atoms. The van der Waals surface area contributed by atoms with Gasteiger partial charge in [0.05, 0.1) is 30.4 Å². The second-order valence-corrected chi connectivity index (χ2v) is 17.1. The second kappa shape index (κ2) is 16.6. The zero-order valence-electron chi connectivity index (χ0n) is 47.4. The van der Waals surface area contributed by atoms with Crippen molar-refractivity contribution in [1.29, 1.82) is 0 Å². The summed E-state index contributed by atoms with van der Waals surface area (Å²) in [5, 5.41) is 1.91. The van der Waals surface area contributed by atoms with Gasteiger partial charge in [0.1, 0.15) is 5.82 Å². The van der Waals surface area contributed by atoms with E-state index in [1.54, 1.807) is 90.7 Å². The Hall–Kier alpha value is -6.55. The molecule has 63 heavy (non-hydrogen) atoms. The first kappa shape index (κ1) is 29.7. The number of pyridine rings is 1. The average Bonchev–Trinajstić information content (AvgIpc) is 3.92. The third kappa shape index (κ3) is 8.15. The summed E-state index contributed by atoms with van der Waals surface area (Å²) in [4.78, 5) is 4.81. The molecule has 5 nitrogen and oxygen atoms in total. The standard InChI is InChI=1S/C57H48N4O.Pt/c1-56(2,3)37-39-32-43(35-45(33-39)62-44-28-29-49-48-22-13-14-25-50(48)61(53(49)36-44)54-34-42(30-31-58-54)57(4,5)6)59-38-60(52-27-16-15-26-51(52)59)55-46(40-18-9-7-10-19-40)23-17-24-47(55)41-20-11-8-12-21-41;/h7-34H,37H2,1-6H3;/q-2;/i7D,8D,9D,10D,11D,12D,18D,19D,20D,21D,37D2;. The summed E-state index contributed by atoms with van der Waals surface area (Å²) < 4.78 is 119. The number of nitrogens with zero attached hydrogens (tertiary/aromatic N) is 4. The van der Waals surface area contributed by atoms with E-state index in [0.29, 0.717) is 28.1 Å². The number of hydrogen-bond acceptors (Lipinski definition) is 2. The minimum atomic E-state index is -1.96. The Morgan fingerprint density at radius 3 is 2.03 bits per heavy atom. The van der Waals surface area contributed by atoms with Gasteiger partial charge in [0, 0.05) is 47.0 Å². The Morgan fingerprint density at radius 2 is 1.35 bits per heavy atom. The Bertz CT molecular complexity index is 3820. The molecule has 0 unspecified atom stereocenters. The largest absolute Gasteiger partial charge is 0.510 e. The zero-order valence-corrected chi connectivity index (χ0v) is 37.7. The maximum atomic E-state index is 9.53. The molecule has 0 amide bonds. The minimum Gasteiger partial charge on any atom is -0.510 e. The molecule has 7 aromatic carbocycles. The van der Waals surface area contributed by atoms with Crippen LogP contribution in [-0.4, -0.2) is 14.1 Å². The van der Waals surface area contributed by atoms with E-state index in [-0.39, 0.29) is 71.4 Å². The maximum absolute atomic E-state index is 9.53. The van der Waals surface area contributed by atoms with Gasteiger partial charge >= 0.3 is 0 Å². The smallest absolute Gasteiger partial charge is 0.268 e. The van der Waals surface area contributed by atoms with Crippen LogP contribution in [-0.2, 0) is 32.9 Å². The molecule has 0 spiro atoms. The van der Waals surface area contributed by atoms with Crippen LogP contribution in [0.15, 0.2) is 170 Å². The summed E-state index contributed by atoms with van der Waals surface area (Å²) in [7, 11) is 0. The number of aromatic nitrogens is 4. The van der Waals surface area contributed by atoms with Crippen LogP contribution < -0.4 is 9.30 Å². The van der Waals surface area contributed by atoms with Crippen molar-refractivity contribution in [2.75, 3.05) is 0 Å². The fraction of sp³-hybridized carbons (Fsp3) is 0.158. The first-order chi connectivity index (χ1) is 34.9. The van der Waals surface area contributed by atoms with Crippen molar-refractivity contribution in [3.63, 3.8) is 0 Å². The summed E-state index contributed by atoms with van der Waals surface area (Å²) in [5.74, 6) is 1.17. The van der Waals surface area contributed by atoms with Gasteiger partial charge < -0.3 is 13.9 Å². The van der Waals surface area contributed by atoms with Crippen LogP contribution in [0.2, 0.25) is 0 Å². The van der Waals surface area contributed by atoms with Gasteiger partial charge in [-0.3, -0.25) is 4.57 Å². The van der Waals surface area contributed by atoms with Gasteiger partial charge in [-0.25, -0.2) is 4.98 Å². The van der Waals surface area contributed by atoms with Crippen LogP contribution in [0.4, 0.5) is 0 Å². The van der Waals surface area contributed by atoms with Crippen LogP contribution in [0.1, 0.15) is 69.1 Å². The minimum absolute atomic E-state index is 0. The Balaban J connectivity index is 0.00000689. The van der Waals surface area contributed by atoms with Crippen molar-refractivity contribution in [1.82, 2.24) is 14.1 Å².